The van der Waals surface area contributed by atoms with Crippen molar-refractivity contribution in [1.29, 1.82) is 0 Å². The molecule has 0 rings (SSSR count). The van der Waals surface area contributed by atoms with Gasteiger partial charge in [-0.3, -0.25) is 4.79 Å². The van der Waals surface area contributed by atoms with Crippen LogP contribution in [-0.2, 0) is 4.79 Å². The molecular formula is C3H8N2OS. The van der Waals surface area contributed by atoms with Crippen LogP contribution in [0.1, 0.15) is 6.92 Å². The van der Waals surface area contributed by atoms with Gasteiger partial charge in [0.2, 0.25) is 5.91 Å². The third-order valence-corrected chi connectivity index (χ3v) is 0.744. The maximum Gasteiger partial charge on any atom is 0.246 e. The molecule has 4 heteroatoms. The van der Waals surface area contributed by atoms with Gasteiger partial charge in [0.25, 0.3) is 0 Å². The van der Waals surface area contributed by atoms with Crippen molar-refractivity contribution in [2.45, 2.75) is 13.0 Å². The van der Waals surface area contributed by atoms with Gasteiger partial charge in [0.1, 0.15) is 0 Å². The Labute approximate surface area is 47.8 Å². The van der Waals surface area contributed by atoms with Crippen LogP contribution in [0.25, 0.3) is 0 Å². The fraction of sp³-hybridized carbons (Fsp3) is 0.667. The molecule has 0 unspecified atom stereocenters. The Morgan fingerprint density at radius 1 is 2.00 bits per heavy atom. The quantitative estimate of drug-likeness (QED) is 0.401. The van der Waals surface area contributed by atoms with Crippen LogP contribution in [0, 0.1) is 0 Å². The lowest BCUT2D eigenvalue weighted by Crippen LogP contribution is -2.33. The van der Waals surface area contributed by atoms with Gasteiger partial charge in [-0.25, -0.2) is 0 Å². The van der Waals surface area contributed by atoms with Gasteiger partial charge in [-0.15, -0.1) is 0 Å². The van der Waals surface area contributed by atoms with Gasteiger partial charge in [0, 0.05) is 0 Å². The lowest BCUT2D eigenvalue weighted by Gasteiger charge is -1.98. The van der Waals surface area contributed by atoms with Crippen molar-refractivity contribution in [2.75, 3.05) is 0 Å². The third-order valence-electron chi connectivity index (χ3n) is 0.524. The van der Waals surface area contributed by atoms with Crippen LogP contribution in [0.15, 0.2) is 0 Å². The Kier molecular flexibility index (Phi) is 2.78. The number of thiol groups is 1. The minimum absolute atomic E-state index is 0.261. The van der Waals surface area contributed by atoms with Crippen molar-refractivity contribution in [2.24, 2.45) is 5.73 Å². The lowest BCUT2D eigenvalue weighted by molar-refractivity contribution is -0.120. The minimum Gasteiger partial charge on any atom is -0.320 e. The monoisotopic (exact) mass is 120 g/mol. The molecule has 42 valence electrons. The Hall–Kier alpha value is -0.220. The van der Waals surface area contributed by atoms with Gasteiger partial charge in [-0.2, -0.15) is 0 Å². The number of hydrogen-bond acceptors (Lipinski definition) is 3. The molecule has 0 aliphatic heterocycles. The number of carbonyl (C=O) groups excluding carboxylic acids is 1. The van der Waals surface area contributed by atoms with E-state index in [1.165, 1.54) is 0 Å². The highest BCUT2D eigenvalue weighted by Gasteiger charge is 2.01. The highest BCUT2D eigenvalue weighted by Crippen LogP contribution is 1.73. The van der Waals surface area contributed by atoms with Crippen molar-refractivity contribution >= 4 is 18.7 Å². The van der Waals surface area contributed by atoms with E-state index in [-0.39, 0.29) is 5.91 Å². The molecule has 0 fully saturated rings. The van der Waals surface area contributed by atoms with Crippen molar-refractivity contribution in [3.8, 4) is 0 Å². The van der Waals surface area contributed by atoms with E-state index in [0.29, 0.717) is 0 Å². The first-order valence-corrected chi connectivity index (χ1v) is 2.32. The smallest absolute Gasteiger partial charge is 0.246 e. The second-order valence-corrected chi connectivity index (χ2v) is 1.49. The van der Waals surface area contributed by atoms with Gasteiger partial charge >= 0.3 is 0 Å². The van der Waals surface area contributed by atoms with Gasteiger partial charge in [-0.1, -0.05) is 12.8 Å². The van der Waals surface area contributed by atoms with Gasteiger partial charge in [0.15, 0.2) is 0 Å². The topological polar surface area (TPSA) is 55.1 Å². The SMILES string of the molecule is C[C@H](N)C(=O)NS. The van der Waals surface area contributed by atoms with Crippen molar-refractivity contribution < 1.29 is 4.79 Å². The summed E-state index contributed by atoms with van der Waals surface area (Å²) in [6.45, 7) is 1.59. The van der Waals surface area contributed by atoms with Crippen LogP contribution in [0.5, 0.6) is 0 Å². The Morgan fingerprint density at radius 2 is 2.43 bits per heavy atom. The molecule has 0 aliphatic rings. The molecule has 0 heterocycles. The average Bonchev–Trinajstić information content (AvgIpc) is 1.65. The Bertz CT molecular complexity index is 73.3. The highest BCUT2D eigenvalue weighted by molar-refractivity contribution is 7.78. The Balaban J connectivity index is 3.35. The van der Waals surface area contributed by atoms with Gasteiger partial charge < -0.3 is 10.5 Å². The molecule has 0 bridgehead atoms. The fourth-order valence-corrected chi connectivity index (χ4v) is 0.305. The maximum absolute atomic E-state index is 10.2. The predicted molar refractivity (Wildman–Crippen MR) is 30.8 cm³/mol. The largest absolute Gasteiger partial charge is 0.320 e. The van der Waals surface area contributed by atoms with E-state index in [2.05, 4.69) is 17.5 Å². The van der Waals surface area contributed by atoms with E-state index in [1.54, 1.807) is 6.92 Å². The highest BCUT2D eigenvalue weighted by atomic mass is 32.1. The molecule has 0 radical (unpaired) electrons. The second kappa shape index (κ2) is 2.87. The van der Waals surface area contributed by atoms with Gasteiger partial charge in [0.05, 0.1) is 6.04 Å². The number of nitrogens with one attached hydrogen (secondary N) is 1. The van der Waals surface area contributed by atoms with Crippen molar-refractivity contribution in [1.82, 2.24) is 4.72 Å². The molecular weight excluding hydrogens is 112 g/mol. The molecule has 1 atom stereocenters. The molecule has 3 nitrogen and oxygen atoms in total. The Morgan fingerprint density at radius 3 is 2.43 bits per heavy atom. The molecule has 0 aromatic heterocycles. The first-order valence-electron chi connectivity index (χ1n) is 1.88. The molecule has 0 spiro atoms. The van der Waals surface area contributed by atoms with Crippen LogP contribution in [0.3, 0.4) is 0 Å². The summed E-state index contributed by atoms with van der Waals surface area (Å²) in [7, 11) is 0. The zero-order chi connectivity index (χ0) is 5.86. The van der Waals surface area contributed by atoms with Crippen LogP contribution in [-0.4, -0.2) is 11.9 Å². The summed E-state index contributed by atoms with van der Waals surface area (Å²) in [5.41, 5.74) is 5.09. The summed E-state index contributed by atoms with van der Waals surface area (Å²) in [6.07, 6.45) is 0. The summed E-state index contributed by atoms with van der Waals surface area (Å²) >= 11 is 3.48. The first-order chi connectivity index (χ1) is 3.18. The van der Waals surface area contributed by atoms with Crippen LogP contribution in [0.2, 0.25) is 0 Å². The summed E-state index contributed by atoms with van der Waals surface area (Å²) < 4.78 is 2.09. The molecule has 0 saturated carbocycles. The van der Waals surface area contributed by atoms with E-state index in [9.17, 15) is 4.79 Å². The van der Waals surface area contributed by atoms with Crippen LogP contribution < -0.4 is 10.5 Å². The average molecular weight is 120 g/mol. The van der Waals surface area contributed by atoms with E-state index < -0.39 is 6.04 Å². The maximum atomic E-state index is 10.2. The van der Waals surface area contributed by atoms with Crippen LogP contribution >= 0.6 is 12.8 Å². The lowest BCUT2D eigenvalue weighted by atomic mass is 10.4. The summed E-state index contributed by atoms with van der Waals surface area (Å²) in [5, 5.41) is 0. The first kappa shape index (κ1) is 6.78. The van der Waals surface area contributed by atoms with E-state index in [1.807, 2.05) is 0 Å². The molecule has 3 N–H and O–H groups in total. The van der Waals surface area contributed by atoms with E-state index in [0.717, 1.165) is 0 Å². The van der Waals surface area contributed by atoms with Crippen molar-refractivity contribution in [3.05, 3.63) is 0 Å². The number of amides is 1. The number of rotatable bonds is 1. The van der Waals surface area contributed by atoms with E-state index in [4.69, 9.17) is 5.73 Å². The normalized spacial score (nSPS) is 13.0. The molecule has 7 heavy (non-hydrogen) atoms. The van der Waals surface area contributed by atoms with Gasteiger partial charge in [-0.05, 0) is 6.92 Å². The third kappa shape index (κ3) is 2.47. The second-order valence-electron chi connectivity index (χ2n) is 1.26. The summed E-state index contributed by atoms with van der Waals surface area (Å²) in [4.78, 5) is 10.2. The predicted octanol–water partition coefficient (Wildman–Crippen LogP) is -0.705. The molecule has 0 aromatic carbocycles. The number of nitrogens with two attached hydrogens (primary N) is 1. The van der Waals surface area contributed by atoms with Crippen LogP contribution in [0.4, 0.5) is 0 Å². The molecule has 0 aliphatic carbocycles. The number of carbonyl (C=O) groups is 1. The minimum atomic E-state index is -0.461. The zero-order valence-corrected chi connectivity index (χ0v) is 4.90. The molecule has 1 amide bonds. The number of hydrogen-bond donors (Lipinski definition) is 3. The summed E-state index contributed by atoms with van der Waals surface area (Å²) in [5.74, 6) is -0.261. The zero-order valence-electron chi connectivity index (χ0n) is 4.01. The summed E-state index contributed by atoms with van der Waals surface area (Å²) in [6, 6.07) is -0.461. The molecule has 0 saturated heterocycles. The molecule has 0 aromatic rings. The van der Waals surface area contributed by atoms with Crippen molar-refractivity contribution in [3.63, 3.8) is 0 Å². The standard InChI is InChI=1S/C3H8N2OS/c1-2(4)3(6)5-7/h2,7H,4H2,1H3,(H,5,6)/t2-/m0/s1. The van der Waals surface area contributed by atoms with E-state index >= 15 is 0 Å². The fourth-order valence-electron chi connectivity index (χ4n) is 0.102.